The number of allylic oxidation sites excluding steroid dienone is 1. The van der Waals surface area contributed by atoms with Gasteiger partial charge in [0, 0.05) is 31.6 Å². The van der Waals surface area contributed by atoms with Gasteiger partial charge < -0.3 is 15.0 Å². The van der Waals surface area contributed by atoms with E-state index in [9.17, 15) is 9.59 Å². The first kappa shape index (κ1) is 15.3. The lowest BCUT2D eigenvalue weighted by atomic mass is 10.1. The Labute approximate surface area is 135 Å². The number of benzene rings is 1. The Balaban J connectivity index is 1.42. The quantitative estimate of drug-likeness (QED) is 0.844. The minimum absolute atomic E-state index is 0.145. The molecule has 1 fully saturated rings. The average Bonchev–Trinajstić information content (AvgIpc) is 3.32. The van der Waals surface area contributed by atoms with E-state index in [4.69, 9.17) is 4.74 Å². The number of nitrogens with one attached hydrogen (secondary N) is 1. The summed E-state index contributed by atoms with van der Waals surface area (Å²) in [6, 6.07) is 10.2. The number of nitrogens with zero attached hydrogens (tertiary/aromatic N) is 1. The van der Waals surface area contributed by atoms with Crippen LogP contribution in [0.3, 0.4) is 0 Å². The van der Waals surface area contributed by atoms with Crippen molar-refractivity contribution in [1.29, 1.82) is 0 Å². The summed E-state index contributed by atoms with van der Waals surface area (Å²) in [4.78, 5) is 25.6. The molecule has 1 aromatic carbocycles. The second-order valence-electron chi connectivity index (χ2n) is 5.91. The number of rotatable bonds is 5. The van der Waals surface area contributed by atoms with Crippen LogP contribution in [-0.2, 0) is 14.3 Å². The van der Waals surface area contributed by atoms with Crippen molar-refractivity contribution in [2.45, 2.75) is 24.8 Å². The molecule has 2 atom stereocenters. The van der Waals surface area contributed by atoms with Gasteiger partial charge in [0.05, 0.1) is 5.57 Å². The van der Waals surface area contributed by atoms with Crippen molar-refractivity contribution in [1.82, 2.24) is 10.2 Å². The van der Waals surface area contributed by atoms with Crippen LogP contribution in [0.1, 0.15) is 24.3 Å². The number of hydrogen-bond acceptors (Lipinski definition) is 4. The first-order chi connectivity index (χ1) is 11.1. The molecule has 23 heavy (non-hydrogen) atoms. The molecule has 1 aliphatic heterocycles. The van der Waals surface area contributed by atoms with Gasteiger partial charge in [-0.15, -0.1) is 0 Å². The smallest absolute Gasteiger partial charge is 0.336 e. The zero-order valence-electron chi connectivity index (χ0n) is 13.1. The fourth-order valence-electron chi connectivity index (χ4n) is 2.72. The Bertz CT molecular complexity index is 651. The molecule has 1 heterocycles. The van der Waals surface area contributed by atoms with Crippen molar-refractivity contribution in [3.05, 3.63) is 59.9 Å². The molecule has 0 saturated heterocycles. The van der Waals surface area contributed by atoms with E-state index in [1.165, 1.54) is 5.56 Å². The number of carbonyl (C=O) groups is 2. The number of carbonyl (C=O) groups excluding carboxylic acids is 2. The van der Waals surface area contributed by atoms with Crippen LogP contribution in [0.15, 0.2) is 54.4 Å². The van der Waals surface area contributed by atoms with Crippen LogP contribution < -0.4 is 5.32 Å². The molecule has 1 aromatic rings. The van der Waals surface area contributed by atoms with Crippen LogP contribution in [0.4, 0.5) is 0 Å². The van der Waals surface area contributed by atoms with E-state index >= 15 is 0 Å². The summed E-state index contributed by atoms with van der Waals surface area (Å²) < 4.78 is 5.08. The SMILES string of the molecule is CN1C=CCC(C(=O)OCC(=O)N[C@H]2C[C@@H]2c2ccccc2)=C1. The van der Waals surface area contributed by atoms with E-state index in [0.29, 0.717) is 17.9 Å². The largest absolute Gasteiger partial charge is 0.452 e. The van der Waals surface area contributed by atoms with Crippen molar-refractivity contribution >= 4 is 11.9 Å². The predicted molar refractivity (Wildman–Crippen MR) is 86.3 cm³/mol. The summed E-state index contributed by atoms with van der Waals surface area (Å²) >= 11 is 0. The fraction of sp³-hybridized carbons (Fsp3) is 0.333. The molecule has 0 unspecified atom stereocenters. The molecule has 1 saturated carbocycles. The molecule has 5 heteroatoms. The Morgan fingerprint density at radius 1 is 1.30 bits per heavy atom. The molecule has 0 aromatic heterocycles. The summed E-state index contributed by atoms with van der Waals surface area (Å²) in [7, 11) is 1.84. The number of hydrogen-bond donors (Lipinski definition) is 1. The number of ether oxygens (including phenoxy) is 1. The van der Waals surface area contributed by atoms with Gasteiger partial charge in [-0.3, -0.25) is 4.79 Å². The zero-order valence-corrected chi connectivity index (χ0v) is 13.1. The van der Waals surface area contributed by atoms with Gasteiger partial charge in [-0.2, -0.15) is 0 Å². The van der Waals surface area contributed by atoms with Gasteiger partial charge in [0.25, 0.3) is 5.91 Å². The minimum atomic E-state index is -0.438. The fourth-order valence-corrected chi connectivity index (χ4v) is 2.72. The topological polar surface area (TPSA) is 58.6 Å². The van der Waals surface area contributed by atoms with Gasteiger partial charge in [-0.1, -0.05) is 36.4 Å². The molecule has 0 spiro atoms. The Hall–Kier alpha value is -2.56. The highest BCUT2D eigenvalue weighted by atomic mass is 16.5. The van der Waals surface area contributed by atoms with Gasteiger partial charge in [-0.05, 0) is 18.2 Å². The maximum atomic E-state index is 11.9. The van der Waals surface area contributed by atoms with Gasteiger partial charge in [0.1, 0.15) is 0 Å². The van der Waals surface area contributed by atoms with E-state index in [1.54, 1.807) is 11.1 Å². The highest BCUT2D eigenvalue weighted by Crippen LogP contribution is 2.40. The first-order valence-electron chi connectivity index (χ1n) is 7.74. The highest BCUT2D eigenvalue weighted by molar-refractivity contribution is 5.91. The average molecular weight is 312 g/mol. The molecule has 1 amide bonds. The third-order valence-electron chi connectivity index (χ3n) is 4.00. The molecule has 1 aliphatic carbocycles. The molecular weight excluding hydrogens is 292 g/mol. The lowest BCUT2D eigenvalue weighted by molar-refractivity contribution is -0.145. The maximum Gasteiger partial charge on any atom is 0.336 e. The first-order valence-corrected chi connectivity index (χ1v) is 7.74. The monoisotopic (exact) mass is 312 g/mol. The van der Waals surface area contributed by atoms with Crippen LogP contribution in [-0.4, -0.2) is 36.5 Å². The van der Waals surface area contributed by atoms with Crippen molar-refractivity contribution in [3.8, 4) is 0 Å². The third kappa shape index (κ3) is 4.00. The van der Waals surface area contributed by atoms with Crippen LogP contribution >= 0.6 is 0 Å². The van der Waals surface area contributed by atoms with Crippen molar-refractivity contribution < 1.29 is 14.3 Å². The highest BCUT2D eigenvalue weighted by Gasteiger charge is 2.39. The Morgan fingerprint density at radius 2 is 2.09 bits per heavy atom. The molecule has 2 aliphatic rings. The van der Waals surface area contributed by atoms with Gasteiger partial charge in [0.15, 0.2) is 6.61 Å². The normalized spacial score (nSPS) is 22.3. The summed E-state index contributed by atoms with van der Waals surface area (Å²) in [5.41, 5.74) is 1.79. The van der Waals surface area contributed by atoms with E-state index in [-0.39, 0.29) is 18.6 Å². The number of amides is 1. The standard InChI is InChI=1S/C18H20N2O3/c1-20-9-5-8-14(11-20)18(22)23-12-17(21)19-16-10-15(16)13-6-3-2-4-7-13/h2-7,9,11,15-16H,8,10,12H2,1H3,(H,19,21)/t15-,16+/m1/s1. The van der Waals surface area contributed by atoms with Crippen LogP contribution in [0.5, 0.6) is 0 Å². The summed E-state index contributed by atoms with van der Waals surface area (Å²) in [6.07, 6.45) is 6.94. The van der Waals surface area contributed by atoms with Crippen molar-refractivity contribution in [2.75, 3.05) is 13.7 Å². The van der Waals surface area contributed by atoms with E-state index in [1.807, 2.05) is 37.5 Å². The lowest BCUT2D eigenvalue weighted by Crippen LogP contribution is -2.31. The summed E-state index contributed by atoms with van der Waals surface area (Å²) in [5, 5.41) is 2.91. The second-order valence-corrected chi connectivity index (χ2v) is 5.91. The third-order valence-corrected chi connectivity index (χ3v) is 4.00. The van der Waals surface area contributed by atoms with Gasteiger partial charge >= 0.3 is 5.97 Å². The maximum absolute atomic E-state index is 11.9. The molecule has 0 radical (unpaired) electrons. The summed E-state index contributed by atoms with van der Waals surface area (Å²) in [6.45, 7) is -0.235. The molecule has 1 N–H and O–H groups in total. The number of esters is 1. The van der Waals surface area contributed by atoms with Crippen LogP contribution in [0.25, 0.3) is 0 Å². The van der Waals surface area contributed by atoms with E-state index < -0.39 is 5.97 Å². The molecular formula is C18H20N2O3. The minimum Gasteiger partial charge on any atom is -0.452 e. The van der Waals surface area contributed by atoms with Crippen molar-refractivity contribution in [2.24, 2.45) is 0 Å². The Kier molecular flexibility index (Phi) is 4.46. The van der Waals surface area contributed by atoms with Crippen LogP contribution in [0, 0.1) is 0 Å². The van der Waals surface area contributed by atoms with Gasteiger partial charge in [-0.25, -0.2) is 4.79 Å². The van der Waals surface area contributed by atoms with E-state index in [2.05, 4.69) is 17.4 Å². The Morgan fingerprint density at radius 3 is 2.83 bits per heavy atom. The summed E-state index contributed by atoms with van der Waals surface area (Å²) in [5.74, 6) is -0.315. The lowest BCUT2D eigenvalue weighted by Gasteiger charge is -2.15. The van der Waals surface area contributed by atoms with Crippen molar-refractivity contribution in [3.63, 3.8) is 0 Å². The second kappa shape index (κ2) is 6.69. The predicted octanol–water partition coefficient (Wildman–Crippen LogP) is 1.93. The zero-order chi connectivity index (χ0) is 16.2. The van der Waals surface area contributed by atoms with E-state index in [0.717, 1.165) is 6.42 Å². The molecule has 120 valence electrons. The van der Waals surface area contributed by atoms with Gasteiger partial charge in [0.2, 0.25) is 0 Å². The molecule has 5 nitrogen and oxygen atoms in total. The van der Waals surface area contributed by atoms with Crippen LogP contribution in [0.2, 0.25) is 0 Å². The molecule has 3 rings (SSSR count). The molecule has 0 bridgehead atoms.